The number of rotatable bonds is 4. The zero-order chi connectivity index (χ0) is 19.6. The minimum absolute atomic E-state index is 0.0457. The van der Waals surface area contributed by atoms with Crippen LogP contribution in [0.3, 0.4) is 0 Å². The van der Waals surface area contributed by atoms with Gasteiger partial charge in [0, 0.05) is 9.77 Å². The Bertz CT molecular complexity index is 900. The molecule has 1 amide bonds. The number of thiophene rings is 1. The Balaban J connectivity index is 1.69. The Labute approximate surface area is 170 Å². The molecule has 0 saturated carbocycles. The number of thioether (sulfide) groups is 1. The predicted molar refractivity (Wildman–Crippen MR) is 115 cm³/mol. The second kappa shape index (κ2) is 8.08. The van der Waals surface area contributed by atoms with Gasteiger partial charge in [-0.3, -0.25) is 4.79 Å². The summed E-state index contributed by atoms with van der Waals surface area (Å²) >= 11 is 3.14. The monoisotopic (exact) mass is 398 g/mol. The van der Waals surface area contributed by atoms with E-state index in [-0.39, 0.29) is 11.3 Å². The third kappa shape index (κ3) is 4.56. The minimum Gasteiger partial charge on any atom is -0.316 e. The summed E-state index contributed by atoms with van der Waals surface area (Å²) in [5, 5.41) is 13.2. The van der Waals surface area contributed by atoms with Crippen LogP contribution in [0.5, 0.6) is 0 Å². The zero-order valence-electron chi connectivity index (χ0n) is 16.4. The van der Waals surface area contributed by atoms with Gasteiger partial charge in [0.05, 0.1) is 11.3 Å². The quantitative estimate of drug-likeness (QED) is 0.659. The molecule has 3 nitrogen and oxygen atoms in total. The van der Waals surface area contributed by atoms with Crippen molar-refractivity contribution >= 4 is 34.0 Å². The molecule has 0 aliphatic heterocycles. The molecule has 1 aromatic heterocycles. The number of hydrogen-bond donors (Lipinski definition) is 1. The molecule has 0 spiro atoms. The summed E-state index contributed by atoms with van der Waals surface area (Å²) in [4.78, 5) is 14.9. The fourth-order valence-electron chi connectivity index (χ4n) is 3.30. The van der Waals surface area contributed by atoms with Gasteiger partial charge in [0.2, 0.25) is 5.91 Å². The summed E-state index contributed by atoms with van der Waals surface area (Å²) in [5.41, 5.74) is 4.38. The first kappa shape index (κ1) is 20.0. The highest BCUT2D eigenvalue weighted by Crippen LogP contribution is 2.38. The zero-order valence-corrected chi connectivity index (χ0v) is 18.1. The summed E-state index contributed by atoms with van der Waals surface area (Å²) in [6.07, 6.45) is 4.28. The molecule has 1 aliphatic carbocycles. The lowest BCUT2D eigenvalue weighted by molar-refractivity contribution is -0.113. The van der Waals surface area contributed by atoms with Crippen molar-refractivity contribution in [2.75, 3.05) is 11.1 Å². The number of hydrogen-bond acceptors (Lipinski definition) is 4. The Kier molecular flexibility index (Phi) is 5.98. The van der Waals surface area contributed by atoms with E-state index < -0.39 is 0 Å². The molecule has 142 valence electrons. The van der Waals surface area contributed by atoms with Crippen LogP contribution in [0.25, 0.3) is 0 Å². The van der Waals surface area contributed by atoms with E-state index in [0.717, 1.165) is 34.7 Å². The third-order valence-corrected chi connectivity index (χ3v) is 7.31. The second-order valence-electron chi connectivity index (χ2n) is 8.09. The van der Waals surface area contributed by atoms with Crippen molar-refractivity contribution in [3.05, 3.63) is 45.3 Å². The smallest absolute Gasteiger partial charge is 0.235 e. The van der Waals surface area contributed by atoms with E-state index in [4.69, 9.17) is 0 Å². The van der Waals surface area contributed by atoms with E-state index in [1.807, 2.05) is 0 Å². The van der Waals surface area contributed by atoms with Gasteiger partial charge in [-0.15, -0.1) is 23.1 Å². The predicted octanol–water partition coefficient (Wildman–Crippen LogP) is 5.84. The SMILES string of the molecule is Cc1ccc(C(C)(C)C)cc1SCC(=O)Nc1sc2c(c1C#N)CCCC2. The molecule has 0 bridgehead atoms. The van der Waals surface area contributed by atoms with E-state index in [2.05, 4.69) is 57.3 Å². The first-order valence-corrected chi connectivity index (χ1v) is 11.2. The molecule has 3 rings (SSSR count). The van der Waals surface area contributed by atoms with Gasteiger partial charge < -0.3 is 5.32 Å². The average molecular weight is 399 g/mol. The molecule has 1 aromatic carbocycles. The molecule has 1 N–H and O–H groups in total. The lowest BCUT2D eigenvalue weighted by Crippen LogP contribution is -2.14. The summed E-state index contributed by atoms with van der Waals surface area (Å²) in [6.45, 7) is 8.66. The second-order valence-corrected chi connectivity index (χ2v) is 10.2. The van der Waals surface area contributed by atoms with Gasteiger partial charge in [0.15, 0.2) is 0 Å². The van der Waals surface area contributed by atoms with Crippen LogP contribution in [0, 0.1) is 18.3 Å². The highest BCUT2D eigenvalue weighted by molar-refractivity contribution is 8.00. The van der Waals surface area contributed by atoms with Crippen LogP contribution in [0.15, 0.2) is 23.1 Å². The maximum Gasteiger partial charge on any atom is 0.235 e. The van der Waals surface area contributed by atoms with Gasteiger partial charge >= 0.3 is 0 Å². The fraction of sp³-hybridized carbons (Fsp3) is 0.455. The van der Waals surface area contributed by atoms with Crippen molar-refractivity contribution in [3.8, 4) is 6.07 Å². The fourth-order valence-corrected chi connectivity index (χ4v) is 5.42. The van der Waals surface area contributed by atoms with Gasteiger partial charge in [0.25, 0.3) is 0 Å². The topological polar surface area (TPSA) is 52.9 Å². The molecule has 5 heteroatoms. The van der Waals surface area contributed by atoms with Crippen LogP contribution in [0.4, 0.5) is 5.00 Å². The van der Waals surface area contributed by atoms with E-state index in [1.54, 1.807) is 23.1 Å². The average Bonchev–Trinajstić information content (AvgIpc) is 2.96. The number of carbonyl (C=O) groups is 1. The first-order valence-electron chi connectivity index (χ1n) is 9.38. The van der Waals surface area contributed by atoms with Crippen molar-refractivity contribution < 1.29 is 4.79 Å². The van der Waals surface area contributed by atoms with Crippen molar-refractivity contribution in [1.29, 1.82) is 5.26 Å². The van der Waals surface area contributed by atoms with Crippen molar-refractivity contribution in [1.82, 2.24) is 0 Å². The van der Waals surface area contributed by atoms with E-state index in [9.17, 15) is 10.1 Å². The van der Waals surface area contributed by atoms with Crippen molar-refractivity contribution in [2.24, 2.45) is 0 Å². The highest BCUT2D eigenvalue weighted by atomic mass is 32.2. The molecule has 0 atom stereocenters. The van der Waals surface area contributed by atoms with Gasteiger partial charge in [0.1, 0.15) is 11.1 Å². The number of anilines is 1. The molecule has 0 fully saturated rings. The van der Waals surface area contributed by atoms with Crippen LogP contribution in [-0.4, -0.2) is 11.7 Å². The van der Waals surface area contributed by atoms with E-state index >= 15 is 0 Å². The molecule has 27 heavy (non-hydrogen) atoms. The number of amides is 1. The summed E-state index contributed by atoms with van der Waals surface area (Å²) < 4.78 is 0. The largest absolute Gasteiger partial charge is 0.316 e. The number of carbonyl (C=O) groups excluding carboxylic acids is 1. The number of benzene rings is 1. The van der Waals surface area contributed by atoms with Crippen LogP contribution >= 0.6 is 23.1 Å². The van der Waals surface area contributed by atoms with Crippen molar-refractivity contribution in [3.63, 3.8) is 0 Å². The van der Waals surface area contributed by atoms with Crippen LogP contribution < -0.4 is 5.32 Å². The molecule has 1 heterocycles. The van der Waals surface area contributed by atoms with Gasteiger partial charge in [-0.25, -0.2) is 0 Å². The van der Waals surface area contributed by atoms with Gasteiger partial charge in [-0.1, -0.05) is 32.9 Å². The Hall–Kier alpha value is -1.77. The molecule has 1 aliphatic rings. The molecular formula is C22H26N2OS2. The standard InChI is InChI=1S/C22H26N2OS2/c1-14-9-10-15(22(2,3)4)11-19(14)26-13-20(25)24-21-17(12-23)16-7-5-6-8-18(16)27-21/h9-11H,5-8,13H2,1-4H3,(H,24,25). The molecule has 2 aromatic rings. The number of aryl methyl sites for hydroxylation is 2. The van der Waals surface area contributed by atoms with Crippen LogP contribution in [0.1, 0.15) is 60.7 Å². The number of nitrogens with zero attached hydrogens (tertiary/aromatic N) is 1. The molecule has 0 saturated heterocycles. The number of fused-ring (bicyclic) bond motifs is 1. The minimum atomic E-state index is -0.0457. The summed E-state index contributed by atoms with van der Waals surface area (Å²) in [5.74, 6) is 0.303. The third-order valence-electron chi connectivity index (χ3n) is 4.95. The van der Waals surface area contributed by atoms with Crippen LogP contribution in [0.2, 0.25) is 0 Å². The lowest BCUT2D eigenvalue weighted by Gasteiger charge is -2.20. The Morgan fingerprint density at radius 1 is 1.30 bits per heavy atom. The highest BCUT2D eigenvalue weighted by Gasteiger charge is 2.22. The number of nitrogens with one attached hydrogen (secondary N) is 1. The van der Waals surface area contributed by atoms with Crippen LogP contribution in [-0.2, 0) is 23.1 Å². The van der Waals surface area contributed by atoms with Gasteiger partial charge in [-0.05, 0) is 60.8 Å². The van der Waals surface area contributed by atoms with Crippen molar-refractivity contribution in [2.45, 2.75) is 63.7 Å². The molecule has 0 unspecified atom stereocenters. The first-order chi connectivity index (χ1) is 12.8. The van der Waals surface area contributed by atoms with Gasteiger partial charge in [-0.2, -0.15) is 5.26 Å². The maximum atomic E-state index is 12.5. The van der Waals surface area contributed by atoms with E-state index in [0.29, 0.717) is 11.3 Å². The number of nitriles is 1. The summed E-state index contributed by atoms with van der Waals surface area (Å²) in [6, 6.07) is 8.79. The normalized spacial score (nSPS) is 13.7. The Morgan fingerprint density at radius 2 is 2.04 bits per heavy atom. The lowest BCUT2D eigenvalue weighted by atomic mass is 9.87. The maximum absolute atomic E-state index is 12.5. The molecule has 0 radical (unpaired) electrons. The Morgan fingerprint density at radius 3 is 2.74 bits per heavy atom. The molecular weight excluding hydrogens is 372 g/mol. The van der Waals surface area contributed by atoms with E-state index in [1.165, 1.54) is 22.4 Å². The summed E-state index contributed by atoms with van der Waals surface area (Å²) in [7, 11) is 0.